The highest BCUT2D eigenvalue weighted by molar-refractivity contribution is 6.29. The highest BCUT2D eigenvalue weighted by Crippen LogP contribution is 2.11. The second kappa shape index (κ2) is 6.31. The summed E-state index contributed by atoms with van der Waals surface area (Å²) in [5.74, 6) is -0.122. The maximum absolute atomic E-state index is 11.9. The molecular formula is C13H13ClN4O2. The van der Waals surface area contributed by atoms with Crippen LogP contribution < -0.4 is 11.1 Å². The van der Waals surface area contributed by atoms with Crippen LogP contribution in [-0.2, 0) is 11.2 Å². The van der Waals surface area contributed by atoms with Gasteiger partial charge in [0.25, 0.3) is 0 Å². The Morgan fingerprint density at radius 1 is 1.35 bits per heavy atom. The van der Waals surface area contributed by atoms with Crippen molar-refractivity contribution in [3.05, 3.63) is 47.2 Å². The van der Waals surface area contributed by atoms with Gasteiger partial charge >= 0.3 is 0 Å². The Balaban J connectivity index is 1.96. The van der Waals surface area contributed by atoms with E-state index in [4.69, 9.17) is 17.3 Å². The van der Waals surface area contributed by atoms with Crippen LogP contribution in [0.4, 0.5) is 5.95 Å². The van der Waals surface area contributed by atoms with Gasteiger partial charge in [0.2, 0.25) is 11.9 Å². The number of phenolic OH excluding ortho intramolecular Hbond substituents is 1. The van der Waals surface area contributed by atoms with Gasteiger partial charge in [-0.25, -0.2) is 9.97 Å². The number of aromatic hydroxyl groups is 1. The molecule has 1 aromatic heterocycles. The molecule has 0 aliphatic heterocycles. The molecular weight excluding hydrogens is 280 g/mol. The fourth-order valence-corrected chi connectivity index (χ4v) is 1.71. The summed E-state index contributed by atoms with van der Waals surface area (Å²) in [4.78, 5) is 19.6. The lowest BCUT2D eigenvalue weighted by Gasteiger charge is -2.11. The quantitative estimate of drug-likeness (QED) is 0.738. The number of hydrogen-bond donors (Lipinski definition) is 3. The van der Waals surface area contributed by atoms with Crippen molar-refractivity contribution in [3.8, 4) is 5.75 Å². The molecule has 4 N–H and O–H groups in total. The Kier molecular flexibility index (Phi) is 4.49. The Labute approximate surface area is 120 Å². The van der Waals surface area contributed by atoms with Crippen LogP contribution in [0.5, 0.6) is 5.75 Å². The number of carbonyl (C=O) groups excluding carboxylic acids is 1. The molecule has 2 aromatic rings. The van der Waals surface area contributed by atoms with Crippen molar-refractivity contribution in [2.24, 2.45) is 5.73 Å². The summed E-state index contributed by atoms with van der Waals surface area (Å²) in [6.07, 6.45) is 1.78. The predicted molar refractivity (Wildman–Crippen MR) is 75.5 cm³/mol. The minimum atomic E-state index is -0.748. The van der Waals surface area contributed by atoms with Gasteiger partial charge in [0.05, 0.1) is 6.04 Å². The first-order chi connectivity index (χ1) is 9.54. The minimum Gasteiger partial charge on any atom is -0.508 e. The van der Waals surface area contributed by atoms with Gasteiger partial charge in [-0.15, -0.1) is 0 Å². The van der Waals surface area contributed by atoms with Gasteiger partial charge in [-0.05, 0) is 30.2 Å². The Bertz CT molecular complexity index is 604. The minimum absolute atomic E-state index is 0.114. The molecule has 0 spiro atoms. The maximum Gasteiger partial charge on any atom is 0.243 e. The number of nitrogens with one attached hydrogen (secondary N) is 1. The van der Waals surface area contributed by atoms with Crippen LogP contribution >= 0.6 is 11.6 Å². The molecule has 7 heteroatoms. The van der Waals surface area contributed by atoms with Crippen LogP contribution in [0.25, 0.3) is 0 Å². The van der Waals surface area contributed by atoms with Crippen molar-refractivity contribution in [1.82, 2.24) is 9.97 Å². The third-order valence-electron chi connectivity index (χ3n) is 2.59. The maximum atomic E-state index is 11.9. The van der Waals surface area contributed by atoms with Crippen LogP contribution in [-0.4, -0.2) is 27.0 Å². The smallest absolute Gasteiger partial charge is 0.243 e. The van der Waals surface area contributed by atoms with Gasteiger partial charge in [-0.3, -0.25) is 10.1 Å². The molecule has 0 bridgehead atoms. The van der Waals surface area contributed by atoms with Gasteiger partial charge < -0.3 is 10.8 Å². The predicted octanol–water partition coefficient (Wildman–Crippen LogP) is 1.34. The fraction of sp³-hybridized carbons (Fsp3) is 0.154. The Morgan fingerprint density at radius 2 is 2.05 bits per heavy atom. The molecule has 1 heterocycles. The molecule has 0 aliphatic carbocycles. The van der Waals surface area contributed by atoms with E-state index in [1.807, 2.05) is 0 Å². The number of aromatic nitrogens is 2. The summed E-state index contributed by atoms with van der Waals surface area (Å²) in [5.41, 5.74) is 6.65. The largest absolute Gasteiger partial charge is 0.508 e. The van der Waals surface area contributed by atoms with Crippen molar-refractivity contribution in [2.45, 2.75) is 12.5 Å². The molecule has 1 amide bonds. The lowest BCUT2D eigenvalue weighted by molar-refractivity contribution is -0.117. The third-order valence-corrected chi connectivity index (χ3v) is 2.80. The van der Waals surface area contributed by atoms with Gasteiger partial charge in [-0.2, -0.15) is 0 Å². The highest BCUT2D eigenvalue weighted by Gasteiger charge is 2.15. The van der Waals surface area contributed by atoms with Crippen LogP contribution in [0.2, 0.25) is 5.15 Å². The highest BCUT2D eigenvalue weighted by atomic mass is 35.5. The van der Waals surface area contributed by atoms with Gasteiger partial charge in [0.1, 0.15) is 10.9 Å². The third kappa shape index (κ3) is 3.91. The fourth-order valence-electron chi connectivity index (χ4n) is 1.58. The number of benzene rings is 1. The summed E-state index contributed by atoms with van der Waals surface area (Å²) in [6.45, 7) is 0. The summed E-state index contributed by atoms with van der Waals surface area (Å²) >= 11 is 5.70. The van der Waals surface area contributed by atoms with Gasteiger partial charge in [-0.1, -0.05) is 23.7 Å². The molecule has 0 aliphatic rings. The van der Waals surface area contributed by atoms with E-state index < -0.39 is 11.9 Å². The number of nitrogens with two attached hydrogens (primary N) is 1. The number of amides is 1. The van der Waals surface area contributed by atoms with Gasteiger partial charge in [0.15, 0.2) is 0 Å². The van der Waals surface area contributed by atoms with Crippen molar-refractivity contribution >= 4 is 23.5 Å². The van der Waals surface area contributed by atoms with Crippen molar-refractivity contribution in [1.29, 1.82) is 0 Å². The first-order valence-corrected chi connectivity index (χ1v) is 6.25. The zero-order chi connectivity index (χ0) is 14.5. The molecule has 0 saturated carbocycles. The summed E-state index contributed by atoms with van der Waals surface area (Å²) in [6, 6.07) is 7.26. The van der Waals surface area contributed by atoms with Crippen LogP contribution in [0.15, 0.2) is 36.5 Å². The SMILES string of the molecule is NC(Cc1ccc(O)cc1)C(=O)Nc1nccc(Cl)n1. The number of phenols is 1. The molecule has 0 fully saturated rings. The van der Waals surface area contributed by atoms with Crippen LogP contribution in [0, 0.1) is 0 Å². The topological polar surface area (TPSA) is 101 Å². The number of halogens is 1. The lowest BCUT2D eigenvalue weighted by Crippen LogP contribution is -2.37. The van der Waals surface area contributed by atoms with E-state index in [2.05, 4.69) is 15.3 Å². The van der Waals surface area contributed by atoms with E-state index in [-0.39, 0.29) is 16.9 Å². The van der Waals surface area contributed by atoms with E-state index in [0.29, 0.717) is 6.42 Å². The van der Waals surface area contributed by atoms with E-state index >= 15 is 0 Å². The molecule has 6 nitrogen and oxygen atoms in total. The standard InChI is InChI=1S/C13H13ClN4O2/c14-11-5-6-16-13(17-11)18-12(20)10(15)7-8-1-3-9(19)4-2-8/h1-6,10,19H,7,15H2,(H,16,17,18,20). The molecule has 104 valence electrons. The lowest BCUT2D eigenvalue weighted by atomic mass is 10.1. The van der Waals surface area contributed by atoms with Gasteiger partial charge in [0, 0.05) is 6.20 Å². The first-order valence-electron chi connectivity index (χ1n) is 5.87. The Hall–Kier alpha value is -2.18. The summed E-state index contributed by atoms with van der Waals surface area (Å²) in [7, 11) is 0. The molecule has 20 heavy (non-hydrogen) atoms. The molecule has 0 radical (unpaired) electrons. The molecule has 0 saturated heterocycles. The molecule has 1 aromatic carbocycles. The number of rotatable bonds is 4. The number of hydrogen-bond acceptors (Lipinski definition) is 5. The summed E-state index contributed by atoms with van der Waals surface area (Å²) in [5, 5.41) is 11.9. The summed E-state index contributed by atoms with van der Waals surface area (Å²) < 4.78 is 0. The molecule has 2 rings (SSSR count). The van der Waals surface area contributed by atoms with Crippen molar-refractivity contribution < 1.29 is 9.90 Å². The first kappa shape index (κ1) is 14.2. The average Bonchev–Trinajstić information content (AvgIpc) is 2.41. The second-order valence-corrected chi connectivity index (χ2v) is 4.56. The van der Waals surface area contributed by atoms with Crippen LogP contribution in [0.1, 0.15) is 5.56 Å². The molecule has 1 unspecified atom stereocenters. The number of nitrogens with zero attached hydrogens (tertiary/aromatic N) is 2. The van der Waals surface area contributed by atoms with E-state index in [1.165, 1.54) is 12.3 Å². The number of anilines is 1. The van der Waals surface area contributed by atoms with E-state index in [0.717, 1.165) is 5.56 Å². The zero-order valence-electron chi connectivity index (χ0n) is 10.5. The van der Waals surface area contributed by atoms with Crippen molar-refractivity contribution in [2.75, 3.05) is 5.32 Å². The van der Waals surface area contributed by atoms with Crippen LogP contribution in [0.3, 0.4) is 0 Å². The second-order valence-electron chi connectivity index (χ2n) is 4.17. The monoisotopic (exact) mass is 292 g/mol. The normalized spacial score (nSPS) is 11.9. The zero-order valence-corrected chi connectivity index (χ0v) is 11.2. The molecule has 1 atom stereocenters. The average molecular weight is 293 g/mol. The van der Waals surface area contributed by atoms with E-state index in [1.54, 1.807) is 24.3 Å². The van der Waals surface area contributed by atoms with Crippen molar-refractivity contribution in [3.63, 3.8) is 0 Å². The number of carbonyl (C=O) groups is 1. The Morgan fingerprint density at radius 3 is 2.70 bits per heavy atom. The van der Waals surface area contributed by atoms with E-state index in [9.17, 15) is 9.90 Å².